The van der Waals surface area contributed by atoms with E-state index in [0.717, 1.165) is 10.0 Å². The summed E-state index contributed by atoms with van der Waals surface area (Å²) in [7, 11) is 0. The predicted molar refractivity (Wildman–Crippen MR) is 109 cm³/mol. The lowest BCUT2D eigenvalue weighted by atomic mass is 10.0. The number of hydrogen-bond donors (Lipinski definition) is 3. The molecule has 0 aliphatic carbocycles. The molecule has 0 saturated heterocycles. The van der Waals surface area contributed by atoms with Gasteiger partial charge in [0, 0.05) is 10.9 Å². The summed E-state index contributed by atoms with van der Waals surface area (Å²) >= 11 is 3.35. The number of carbonyl (C=O) groups is 2. The molecule has 2 atom stereocenters. The summed E-state index contributed by atoms with van der Waals surface area (Å²) < 4.78 is 0.841. The van der Waals surface area contributed by atoms with Crippen molar-refractivity contribution in [2.75, 3.05) is 0 Å². The van der Waals surface area contributed by atoms with Crippen LogP contribution >= 0.6 is 15.9 Å². The molecule has 2 aromatic rings. The Kier molecular flexibility index (Phi) is 8.00. The maximum absolute atomic E-state index is 12.3. The SMILES string of the molecule is C[C@H](NC(=O)[C@H](N)CCc1ccccc1)C(=O)CCc1cc(Br)ccc1O. The van der Waals surface area contributed by atoms with E-state index in [1.165, 1.54) is 0 Å². The molecule has 4 N–H and O–H groups in total. The Morgan fingerprint density at radius 3 is 2.56 bits per heavy atom. The van der Waals surface area contributed by atoms with Crippen molar-refractivity contribution in [3.8, 4) is 5.75 Å². The molecule has 0 heterocycles. The average Bonchev–Trinajstić information content (AvgIpc) is 2.67. The Bertz CT molecular complexity index is 780. The van der Waals surface area contributed by atoms with Gasteiger partial charge in [0.25, 0.3) is 0 Å². The van der Waals surface area contributed by atoms with Gasteiger partial charge in [0.05, 0.1) is 12.1 Å². The number of phenols is 1. The van der Waals surface area contributed by atoms with Crippen molar-refractivity contribution in [1.82, 2.24) is 5.32 Å². The van der Waals surface area contributed by atoms with Crippen LogP contribution in [-0.4, -0.2) is 28.9 Å². The van der Waals surface area contributed by atoms with E-state index in [1.807, 2.05) is 30.3 Å². The average molecular weight is 433 g/mol. The minimum Gasteiger partial charge on any atom is -0.508 e. The largest absolute Gasteiger partial charge is 0.508 e. The lowest BCUT2D eigenvalue weighted by Gasteiger charge is -2.17. The zero-order valence-corrected chi connectivity index (χ0v) is 16.9. The number of hydrogen-bond acceptors (Lipinski definition) is 4. The van der Waals surface area contributed by atoms with E-state index >= 15 is 0 Å². The van der Waals surface area contributed by atoms with Crippen molar-refractivity contribution < 1.29 is 14.7 Å². The number of rotatable bonds is 9. The molecule has 0 bridgehead atoms. The molecular weight excluding hydrogens is 408 g/mol. The molecule has 0 spiro atoms. The van der Waals surface area contributed by atoms with Gasteiger partial charge in [0.2, 0.25) is 5.91 Å². The van der Waals surface area contributed by atoms with Gasteiger partial charge in [-0.3, -0.25) is 9.59 Å². The van der Waals surface area contributed by atoms with E-state index in [4.69, 9.17) is 5.73 Å². The lowest BCUT2D eigenvalue weighted by molar-refractivity contribution is -0.128. The van der Waals surface area contributed by atoms with Crippen LogP contribution in [0.5, 0.6) is 5.75 Å². The smallest absolute Gasteiger partial charge is 0.237 e. The summed E-state index contributed by atoms with van der Waals surface area (Å²) in [5.41, 5.74) is 7.77. The Hall–Kier alpha value is -2.18. The van der Waals surface area contributed by atoms with Gasteiger partial charge in [-0.2, -0.15) is 0 Å². The standard InChI is InChI=1S/C21H25BrN2O3/c1-14(19(25)11-8-16-13-17(22)9-12-20(16)26)24-21(27)18(23)10-7-15-5-3-2-4-6-15/h2-6,9,12-14,18,26H,7-8,10-11,23H2,1H3,(H,24,27)/t14-,18+/m0/s1. The molecule has 2 aromatic carbocycles. The van der Waals surface area contributed by atoms with Gasteiger partial charge in [0.1, 0.15) is 5.75 Å². The van der Waals surface area contributed by atoms with Gasteiger partial charge in [-0.05, 0) is 55.5 Å². The third-order valence-electron chi connectivity index (χ3n) is 4.45. The highest BCUT2D eigenvalue weighted by molar-refractivity contribution is 9.10. The summed E-state index contributed by atoms with van der Waals surface area (Å²) in [6.45, 7) is 1.66. The van der Waals surface area contributed by atoms with Crippen LogP contribution in [0.1, 0.15) is 30.9 Å². The van der Waals surface area contributed by atoms with Crippen molar-refractivity contribution in [2.24, 2.45) is 5.73 Å². The number of halogens is 1. The fraction of sp³-hybridized carbons (Fsp3) is 0.333. The molecule has 0 radical (unpaired) electrons. The van der Waals surface area contributed by atoms with Crippen LogP contribution < -0.4 is 11.1 Å². The molecule has 0 fully saturated rings. The van der Waals surface area contributed by atoms with E-state index in [2.05, 4.69) is 21.2 Å². The van der Waals surface area contributed by atoms with Crippen molar-refractivity contribution in [3.63, 3.8) is 0 Å². The number of Topliss-reactive ketones (excluding diaryl/α,β-unsaturated/α-hetero) is 1. The van der Waals surface area contributed by atoms with Crippen LogP contribution in [0, 0.1) is 0 Å². The molecule has 0 aliphatic heterocycles. The first kappa shape index (κ1) is 21.1. The predicted octanol–water partition coefficient (Wildman–Crippen LogP) is 3.12. The van der Waals surface area contributed by atoms with E-state index < -0.39 is 12.1 Å². The third-order valence-corrected chi connectivity index (χ3v) is 4.94. The summed E-state index contributed by atoms with van der Waals surface area (Å²) in [5.74, 6) is -0.263. The highest BCUT2D eigenvalue weighted by Gasteiger charge is 2.20. The molecule has 144 valence electrons. The maximum Gasteiger partial charge on any atom is 0.237 e. The van der Waals surface area contributed by atoms with E-state index in [0.29, 0.717) is 24.8 Å². The van der Waals surface area contributed by atoms with Gasteiger partial charge in [-0.1, -0.05) is 46.3 Å². The molecule has 6 heteroatoms. The number of aromatic hydroxyl groups is 1. The molecule has 0 aliphatic rings. The number of amides is 1. The Balaban J connectivity index is 1.78. The fourth-order valence-corrected chi connectivity index (χ4v) is 3.14. The molecule has 0 unspecified atom stereocenters. The van der Waals surface area contributed by atoms with Crippen molar-refractivity contribution >= 4 is 27.6 Å². The lowest BCUT2D eigenvalue weighted by Crippen LogP contribution is -2.47. The molecule has 0 aromatic heterocycles. The van der Waals surface area contributed by atoms with Gasteiger partial charge in [0.15, 0.2) is 5.78 Å². The Labute approximate surface area is 168 Å². The van der Waals surface area contributed by atoms with Gasteiger partial charge >= 0.3 is 0 Å². The van der Waals surface area contributed by atoms with Gasteiger partial charge in [-0.25, -0.2) is 0 Å². The first-order valence-electron chi connectivity index (χ1n) is 8.97. The minimum absolute atomic E-state index is 0.0991. The second kappa shape index (κ2) is 10.2. The topological polar surface area (TPSA) is 92.4 Å². The maximum atomic E-state index is 12.3. The van der Waals surface area contributed by atoms with Gasteiger partial charge in [-0.15, -0.1) is 0 Å². The minimum atomic E-state index is -0.658. The number of aryl methyl sites for hydroxylation is 2. The zero-order chi connectivity index (χ0) is 19.8. The third kappa shape index (κ3) is 6.81. The second-order valence-corrected chi connectivity index (χ2v) is 7.52. The quantitative estimate of drug-likeness (QED) is 0.567. The number of nitrogens with one attached hydrogen (secondary N) is 1. The van der Waals surface area contributed by atoms with Crippen molar-refractivity contribution in [2.45, 2.75) is 44.7 Å². The molecule has 2 rings (SSSR count). The van der Waals surface area contributed by atoms with E-state index in [9.17, 15) is 14.7 Å². The molecule has 0 saturated carbocycles. The summed E-state index contributed by atoms with van der Waals surface area (Å²) in [5, 5.41) is 12.5. The summed E-state index contributed by atoms with van der Waals surface area (Å²) in [4.78, 5) is 24.5. The first-order chi connectivity index (χ1) is 12.9. The first-order valence-corrected chi connectivity index (χ1v) is 9.76. The number of benzene rings is 2. The van der Waals surface area contributed by atoms with E-state index in [1.54, 1.807) is 25.1 Å². The Morgan fingerprint density at radius 2 is 1.85 bits per heavy atom. The van der Waals surface area contributed by atoms with Crippen LogP contribution in [0.15, 0.2) is 53.0 Å². The molecule has 27 heavy (non-hydrogen) atoms. The molecule has 1 amide bonds. The molecular formula is C21H25BrN2O3. The van der Waals surface area contributed by atoms with Crippen LogP contribution in [0.4, 0.5) is 0 Å². The monoisotopic (exact) mass is 432 g/mol. The number of ketones is 1. The molecule has 5 nitrogen and oxygen atoms in total. The van der Waals surface area contributed by atoms with Crippen LogP contribution in [0.3, 0.4) is 0 Å². The van der Waals surface area contributed by atoms with Crippen LogP contribution in [-0.2, 0) is 22.4 Å². The van der Waals surface area contributed by atoms with Gasteiger partial charge < -0.3 is 16.2 Å². The number of carbonyl (C=O) groups excluding carboxylic acids is 2. The summed E-state index contributed by atoms with van der Waals surface area (Å²) in [6, 6.07) is 13.7. The number of nitrogens with two attached hydrogens (primary N) is 1. The summed E-state index contributed by atoms with van der Waals surface area (Å²) in [6.07, 6.45) is 1.86. The highest BCUT2D eigenvalue weighted by Crippen LogP contribution is 2.23. The Morgan fingerprint density at radius 1 is 1.15 bits per heavy atom. The van der Waals surface area contributed by atoms with Crippen molar-refractivity contribution in [3.05, 3.63) is 64.1 Å². The van der Waals surface area contributed by atoms with E-state index in [-0.39, 0.29) is 23.9 Å². The van der Waals surface area contributed by atoms with Crippen molar-refractivity contribution in [1.29, 1.82) is 0 Å². The zero-order valence-electron chi connectivity index (χ0n) is 15.3. The second-order valence-electron chi connectivity index (χ2n) is 6.60. The van der Waals surface area contributed by atoms with Crippen LogP contribution in [0.2, 0.25) is 0 Å². The highest BCUT2D eigenvalue weighted by atomic mass is 79.9. The normalized spacial score (nSPS) is 13.0. The number of phenolic OH excluding ortho intramolecular Hbond substituents is 1. The van der Waals surface area contributed by atoms with Crippen LogP contribution in [0.25, 0.3) is 0 Å². The fourth-order valence-electron chi connectivity index (χ4n) is 2.73.